The summed E-state index contributed by atoms with van der Waals surface area (Å²) in [5.74, 6) is -0.868. The first-order valence-corrected chi connectivity index (χ1v) is 7.50. The minimum Gasteiger partial charge on any atom is -0.480 e. The standard InChI is InChI=1S/C15H24N2O3/c1-13(2,3)16-12(20)17-9-15(7-10(17)11(18)19)8-14(15)5-4-6-14/h10H,4-9H2,1-3H3,(H,16,20)(H,18,19)/t10-,15-/m0/s1. The molecule has 3 aliphatic rings. The van der Waals surface area contributed by atoms with Crippen molar-refractivity contribution in [2.75, 3.05) is 6.54 Å². The van der Waals surface area contributed by atoms with Gasteiger partial charge >= 0.3 is 12.0 Å². The van der Waals surface area contributed by atoms with E-state index >= 15 is 0 Å². The zero-order valence-electron chi connectivity index (χ0n) is 12.5. The first-order valence-electron chi connectivity index (χ1n) is 7.50. The Morgan fingerprint density at radius 2 is 1.90 bits per heavy atom. The van der Waals surface area contributed by atoms with Gasteiger partial charge in [-0.1, -0.05) is 6.42 Å². The number of carbonyl (C=O) groups is 2. The molecule has 0 aromatic heterocycles. The van der Waals surface area contributed by atoms with Crippen molar-refractivity contribution in [2.45, 2.75) is 64.5 Å². The predicted molar refractivity (Wildman–Crippen MR) is 74.4 cm³/mol. The van der Waals surface area contributed by atoms with Crippen LogP contribution in [0.2, 0.25) is 0 Å². The molecule has 2 saturated carbocycles. The number of fused-ring (bicyclic) bond motifs is 1. The van der Waals surface area contributed by atoms with Gasteiger partial charge in [-0.3, -0.25) is 0 Å². The Hall–Kier alpha value is -1.26. The maximum absolute atomic E-state index is 12.4. The van der Waals surface area contributed by atoms with Crippen molar-refractivity contribution in [2.24, 2.45) is 10.8 Å². The van der Waals surface area contributed by atoms with Crippen molar-refractivity contribution in [3.05, 3.63) is 0 Å². The van der Waals surface area contributed by atoms with Gasteiger partial charge in [0.25, 0.3) is 0 Å². The van der Waals surface area contributed by atoms with Crippen LogP contribution in [0.25, 0.3) is 0 Å². The van der Waals surface area contributed by atoms with Gasteiger partial charge in [0.2, 0.25) is 0 Å². The van der Waals surface area contributed by atoms with Crippen molar-refractivity contribution < 1.29 is 14.7 Å². The van der Waals surface area contributed by atoms with Crippen LogP contribution in [0.15, 0.2) is 0 Å². The van der Waals surface area contributed by atoms with Gasteiger partial charge < -0.3 is 15.3 Å². The third kappa shape index (κ3) is 1.90. The number of hydrogen-bond donors (Lipinski definition) is 2. The summed E-state index contributed by atoms with van der Waals surface area (Å²) in [4.78, 5) is 25.4. The van der Waals surface area contributed by atoms with E-state index in [0.29, 0.717) is 18.4 Å². The van der Waals surface area contributed by atoms with Crippen molar-refractivity contribution in [3.8, 4) is 0 Å². The number of carboxylic acid groups (broad SMARTS) is 1. The monoisotopic (exact) mass is 280 g/mol. The largest absolute Gasteiger partial charge is 0.480 e. The number of nitrogens with zero attached hydrogens (tertiary/aromatic N) is 1. The predicted octanol–water partition coefficient (Wildman–Crippen LogP) is 2.21. The molecule has 5 nitrogen and oxygen atoms in total. The number of carboxylic acids is 1. The lowest BCUT2D eigenvalue weighted by Crippen LogP contribution is -2.51. The second-order valence-corrected chi connectivity index (χ2v) is 7.96. The van der Waals surface area contributed by atoms with Crippen LogP contribution in [0.3, 0.4) is 0 Å². The summed E-state index contributed by atoms with van der Waals surface area (Å²) in [6.45, 7) is 6.36. The second-order valence-electron chi connectivity index (χ2n) is 7.96. The summed E-state index contributed by atoms with van der Waals surface area (Å²) in [7, 11) is 0. The summed E-state index contributed by atoms with van der Waals surface area (Å²) in [6, 6.07) is -0.888. The van der Waals surface area contributed by atoms with E-state index in [1.54, 1.807) is 4.90 Å². The fourth-order valence-corrected chi connectivity index (χ4v) is 4.23. The number of hydrogen-bond acceptors (Lipinski definition) is 2. The Morgan fingerprint density at radius 1 is 1.25 bits per heavy atom. The van der Waals surface area contributed by atoms with Crippen molar-refractivity contribution in [3.63, 3.8) is 0 Å². The summed E-state index contributed by atoms with van der Waals surface area (Å²) < 4.78 is 0. The van der Waals surface area contributed by atoms with Crippen molar-refractivity contribution in [1.29, 1.82) is 0 Å². The second kappa shape index (κ2) is 3.89. The summed E-state index contributed by atoms with van der Waals surface area (Å²) in [5, 5.41) is 12.3. The number of carbonyl (C=O) groups excluding carboxylic acids is 1. The van der Waals surface area contributed by atoms with E-state index in [4.69, 9.17) is 0 Å². The van der Waals surface area contributed by atoms with Gasteiger partial charge in [0.05, 0.1) is 0 Å². The third-order valence-electron chi connectivity index (χ3n) is 5.45. The average Bonchev–Trinajstić information content (AvgIpc) is 2.71. The molecule has 0 aromatic carbocycles. The molecule has 0 bridgehead atoms. The molecular weight excluding hydrogens is 256 g/mol. The van der Waals surface area contributed by atoms with E-state index in [-0.39, 0.29) is 17.0 Å². The van der Waals surface area contributed by atoms with Gasteiger partial charge in [0.1, 0.15) is 6.04 Å². The molecule has 0 aromatic rings. The van der Waals surface area contributed by atoms with Crippen LogP contribution >= 0.6 is 0 Å². The van der Waals surface area contributed by atoms with Crippen LogP contribution < -0.4 is 5.32 Å². The Morgan fingerprint density at radius 3 is 2.30 bits per heavy atom. The van der Waals surface area contributed by atoms with Gasteiger partial charge in [0, 0.05) is 12.1 Å². The smallest absolute Gasteiger partial charge is 0.326 e. The van der Waals surface area contributed by atoms with E-state index in [0.717, 1.165) is 6.42 Å². The minimum atomic E-state index is -0.868. The SMILES string of the molecule is CC(C)(C)NC(=O)N1C[C@]2(C[C@H]1C(=O)O)CC21CCC1. The first-order chi connectivity index (χ1) is 9.18. The fraction of sp³-hybridized carbons (Fsp3) is 0.867. The number of amides is 2. The molecule has 2 aliphatic carbocycles. The van der Waals surface area contributed by atoms with E-state index in [1.165, 1.54) is 19.3 Å². The van der Waals surface area contributed by atoms with Gasteiger partial charge in [-0.2, -0.15) is 0 Å². The molecule has 2 N–H and O–H groups in total. The van der Waals surface area contributed by atoms with E-state index < -0.39 is 12.0 Å². The summed E-state index contributed by atoms with van der Waals surface area (Å²) in [5.41, 5.74) is 0.134. The molecule has 0 radical (unpaired) electrons. The number of rotatable bonds is 1. The Bertz CT molecular complexity index is 464. The Kier molecular flexibility index (Phi) is 2.67. The highest BCUT2D eigenvalue weighted by atomic mass is 16.4. The van der Waals surface area contributed by atoms with Crippen molar-refractivity contribution >= 4 is 12.0 Å². The molecule has 3 fully saturated rings. The molecule has 20 heavy (non-hydrogen) atoms. The lowest BCUT2D eigenvalue weighted by molar-refractivity contribution is -0.141. The minimum absolute atomic E-state index is 0.101. The topological polar surface area (TPSA) is 69.6 Å². The van der Waals surface area contributed by atoms with Gasteiger partial charge in [-0.05, 0) is 57.3 Å². The van der Waals surface area contributed by atoms with Gasteiger partial charge in [0.15, 0.2) is 0 Å². The average molecular weight is 280 g/mol. The zero-order chi connectivity index (χ0) is 14.8. The maximum atomic E-state index is 12.4. The molecule has 2 spiro atoms. The van der Waals surface area contributed by atoms with E-state index in [1.807, 2.05) is 20.8 Å². The summed E-state index contributed by atoms with van der Waals surface area (Å²) >= 11 is 0. The Balaban J connectivity index is 1.76. The normalized spacial score (nSPS) is 34.1. The van der Waals surface area contributed by atoms with Crippen LogP contribution in [0.4, 0.5) is 4.79 Å². The van der Waals surface area contributed by atoms with E-state index in [9.17, 15) is 14.7 Å². The zero-order valence-corrected chi connectivity index (χ0v) is 12.5. The fourth-order valence-electron chi connectivity index (χ4n) is 4.23. The maximum Gasteiger partial charge on any atom is 0.326 e. The molecule has 5 heteroatoms. The molecule has 112 valence electrons. The number of likely N-dealkylation sites (tertiary alicyclic amines) is 1. The number of nitrogens with one attached hydrogen (secondary N) is 1. The molecule has 2 amide bonds. The molecule has 0 unspecified atom stereocenters. The lowest BCUT2D eigenvalue weighted by Gasteiger charge is -2.31. The van der Waals surface area contributed by atoms with Gasteiger partial charge in [-0.15, -0.1) is 0 Å². The van der Waals surface area contributed by atoms with Crippen molar-refractivity contribution in [1.82, 2.24) is 10.2 Å². The quantitative estimate of drug-likeness (QED) is 0.773. The van der Waals surface area contributed by atoms with Crippen LogP contribution in [-0.2, 0) is 4.79 Å². The molecule has 1 heterocycles. The Labute approximate surface area is 119 Å². The van der Waals surface area contributed by atoms with Crippen LogP contribution in [0.1, 0.15) is 52.9 Å². The highest BCUT2D eigenvalue weighted by Crippen LogP contribution is 2.77. The van der Waals surface area contributed by atoms with E-state index in [2.05, 4.69) is 5.32 Å². The molecule has 3 rings (SSSR count). The summed E-state index contributed by atoms with van der Waals surface area (Å²) in [6.07, 6.45) is 5.44. The van der Waals surface area contributed by atoms with Crippen LogP contribution in [0, 0.1) is 10.8 Å². The lowest BCUT2D eigenvalue weighted by atomic mass is 9.74. The molecule has 1 aliphatic heterocycles. The van der Waals surface area contributed by atoms with Gasteiger partial charge in [-0.25, -0.2) is 9.59 Å². The number of aliphatic carboxylic acids is 1. The molecular formula is C15H24N2O3. The number of urea groups is 1. The highest BCUT2D eigenvalue weighted by Gasteiger charge is 2.73. The third-order valence-corrected chi connectivity index (χ3v) is 5.45. The highest BCUT2D eigenvalue weighted by molar-refractivity contribution is 5.84. The molecule has 2 atom stereocenters. The molecule has 1 saturated heterocycles. The first kappa shape index (κ1) is 13.7. The van der Waals surface area contributed by atoms with Crippen LogP contribution in [-0.4, -0.2) is 40.1 Å². The van der Waals surface area contributed by atoms with Crippen LogP contribution in [0.5, 0.6) is 0 Å².